The first kappa shape index (κ1) is 18.5. The number of hydrogen-bond donors (Lipinski definition) is 2. The van der Waals surface area contributed by atoms with Gasteiger partial charge < -0.3 is 20.3 Å². The van der Waals surface area contributed by atoms with Gasteiger partial charge in [-0.25, -0.2) is 0 Å². The first-order valence-electron chi connectivity index (χ1n) is 9.53. The van der Waals surface area contributed by atoms with Crippen LogP contribution in [0.15, 0.2) is 4.99 Å². The van der Waals surface area contributed by atoms with E-state index in [1.165, 1.54) is 32.4 Å². The van der Waals surface area contributed by atoms with Crippen molar-refractivity contribution in [1.29, 1.82) is 0 Å². The van der Waals surface area contributed by atoms with Crippen LogP contribution in [0, 0.1) is 11.8 Å². The largest absolute Gasteiger partial charge is 0.380 e. The second kappa shape index (κ2) is 10.1. The summed E-state index contributed by atoms with van der Waals surface area (Å²) in [6.45, 7) is 13.3. The minimum atomic E-state index is 0.712. The van der Waals surface area contributed by atoms with Gasteiger partial charge in [0, 0.05) is 38.8 Å². The summed E-state index contributed by atoms with van der Waals surface area (Å²) in [6, 6.07) is 0.901. The van der Waals surface area contributed by atoms with E-state index >= 15 is 0 Å². The molecule has 2 rings (SSSR count). The average molecular weight is 325 g/mol. The minimum Gasteiger partial charge on any atom is -0.380 e. The van der Waals surface area contributed by atoms with E-state index in [-0.39, 0.29) is 0 Å². The molecule has 2 N–H and O–H groups in total. The highest BCUT2D eigenvalue weighted by molar-refractivity contribution is 5.79. The molecule has 0 bridgehead atoms. The van der Waals surface area contributed by atoms with Gasteiger partial charge in [-0.1, -0.05) is 13.8 Å². The third-order valence-electron chi connectivity index (χ3n) is 4.61. The molecule has 2 aliphatic rings. The molecule has 0 aromatic carbocycles. The fourth-order valence-corrected chi connectivity index (χ4v) is 3.01. The van der Waals surface area contributed by atoms with Gasteiger partial charge in [0.2, 0.25) is 0 Å². The molecule has 1 aliphatic carbocycles. The van der Waals surface area contributed by atoms with E-state index in [2.05, 4.69) is 36.3 Å². The number of likely N-dealkylation sites (tertiary alicyclic amines) is 1. The van der Waals surface area contributed by atoms with E-state index in [1.54, 1.807) is 0 Å². The van der Waals surface area contributed by atoms with Crippen molar-refractivity contribution in [2.45, 2.75) is 52.5 Å². The second-order valence-corrected chi connectivity index (χ2v) is 7.32. The molecule has 1 saturated heterocycles. The summed E-state index contributed by atoms with van der Waals surface area (Å²) in [4.78, 5) is 7.42. The molecule has 0 amide bonds. The predicted molar refractivity (Wildman–Crippen MR) is 97.0 cm³/mol. The van der Waals surface area contributed by atoms with Gasteiger partial charge >= 0.3 is 0 Å². The Bertz CT molecular complexity index is 355. The number of hydrogen-bond acceptors (Lipinski definition) is 3. The third kappa shape index (κ3) is 7.53. The van der Waals surface area contributed by atoms with E-state index < -0.39 is 0 Å². The Labute approximate surface area is 142 Å². The number of nitrogens with zero attached hydrogens (tertiary/aromatic N) is 2. The summed E-state index contributed by atoms with van der Waals surface area (Å²) in [5.41, 5.74) is 0. The van der Waals surface area contributed by atoms with Gasteiger partial charge in [-0.05, 0) is 51.0 Å². The normalized spacial score (nSPS) is 22.8. The highest BCUT2D eigenvalue weighted by atomic mass is 16.5. The molecule has 0 aromatic heterocycles. The van der Waals surface area contributed by atoms with Gasteiger partial charge in [-0.2, -0.15) is 0 Å². The molecule has 23 heavy (non-hydrogen) atoms. The fraction of sp³-hybridized carbons (Fsp3) is 0.944. The quantitative estimate of drug-likeness (QED) is 0.367. The number of ether oxygens (including phenoxy) is 1. The first-order chi connectivity index (χ1) is 11.2. The molecule has 0 radical (unpaired) electrons. The lowest BCUT2D eigenvalue weighted by Crippen LogP contribution is -2.39. The van der Waals surface area contributed by atoms with E-state index in [0.29, 0.717) is 5.92 Å². The molecule has 1 aliphatic heterocycles. The summed E-state index contributed by atoms with van der Waals surface area (Å²) < 4.78 is 5.65. The van der Waals surface area contributed by atoms with Crippen LogP contribution in [0.4, 0.5) is 0 Å². The van der Waals surface area contributed by atoms with Crippen LogP contribution in [-0.4, -0.2) is 62.8 Å². The van der Waals surface area contributed by atoms with Crippen molar-refractivity contribution >= 4 is 5.96 Å². The zero-order chi connectivity index (χ0) is 16.5. The Morgan fingerprint density at radius 1 is 1.22 bits per heavy atom. The third-order valence-corrected chi connectivity index (χ3v) is 4.61. The van der Waals surface area contributed by atoms with Gasteiger partial charge in [-0.3, -0.25) is 4.99 Å². The molecular formula is C18H36N4O. The van der Waals surface area contributed by atoms with Crippen molar-refractivity contribution < 1.29 is 4.74 Å². The first-order valence-corrected chi connectivity index (χ1v) is 9.53. The van der Waals surface area contributed by atoms with Gasteiger partial charge in [0.05, 0.1) is 6.61 Å². The van der Waals surface area contributed by atoms with Crippen molar-refractivity contribution in [3.8, 4) is 0 Å². The number of guanidine groups is 1. The Kier molecular flexibility index (Phi) is 8.17. The van der Waals surface area contributed by atoms with Crippen molar-refractivity contribution in [2.24, 2.45) is 16.8 Å². The number of nitrogens with one attached hydrogen (secondary N) is 2. The van der Waals surface area contributed by atoms with Crippen LogP contribution >= 0.6 is 0 Å². The molecule has 1 atom stereocenters. The minimum absolute atomic E-state index is 0.712. The Hall–Kier alpha value is -0.810. The van der Waals surface area contributed by atoms with Crippen LogP contribution < -0.4 is 10.6 Å². The van der Waals surface area contributed by atoms with Crippen molar-refractivity contribution in [2.75, 3.05) is 45.9 Å². The summed E-state index contributed by atoms with van der Waals surface area (Å²) in [7, 11) is 0. The second-order valence-electron chi connectivity index (χ2n) is 7.32. The van der Waals surface area contributed by atoms with E-state index in [1.807, 2.05) is 0 Å². The van der Waals surface area contributed by atoms with Gasteiger partial charge in [0.1, 0.15) is 0 Å². The van der Waals surface area contributed by atoms with Crippen LogP contribution in [0.1, 0.15) is 46.5 Å². The van der Waals surface area contributed by atoms with Crippen molar-refractivity contribution in [1.82, 2.24) is 15.5 Å². The van der Waals surface area contributed by atoms with Crippen LogP contribution in [-0.2, 0) is 4.74 Å². The number of rotatable bonds is 10. The Morgan fingerprint density at radius 3 is 2.74 bits per heavy atom. The summed E-state index contributed by atoms with van der Waals surface area (Å²) in [6.07, 6.45) is 5.26. The Balaban J connectivity index is 1.60. The molecular weight excluding hydrogens is 288 g/mol. The van der Waals surface area contributed by atoms with E-state index in [0.717, 1.165) is 57.2 Å². The van der Waals surface area contributed by atoms with Gasteiger partial charge in [-0.15, -0.1) is 0 Å². The summed E-state index contributed by atoms with van der Waals surface area (Å²) in [5, 5.41) is 6.71. The van der Waals surface area contributed by atoms with Gasteiger partial charge in [0.15, 0.2) is 5.96 Å². The predicted octanol–water partition coefficient (Wildman–Crippen LogP) is 2.09. The maximum Gasteiger partial charge on any atom is 0.191 e. The SMILES string of the molecule is CCNC(=NCC1CCN(C2CC2)C1)NCCOCCC(C)C. The zero-order valence-electron chi connectivity index (χ0n) is 15.3. The highest BCUT2D eigenvalue weighted by Crippen LogP contribution is 2.31. The topological polar surface area (TPSA) is 48.9 Å². The maximum absolute atomic E-state index is 5.65. The lowest BCUT2D eigenvalue weighted by atomic mass is 10.1. The lowest BCUT2D eigenvalue weighted by molar-refractivity contribution is 0.128. The van der Waals surface area contributed by atoms with Crippen LogP contribution in [0.2, 0.25) is 0 Å². The fourth-order valence-electron chi connectivity index (χ4n) is 3.01. The molecule has 1 unspecified atom stereocenters. The molecule has 0 spiro atoms. The highest BCUT2D eigenvalue weighted by Gasteiger charge is 2.34. The monoisotopic (exact) mass is 324 g/mol. The van der Waals surface area contributed by atoms with E-state index in [4.69, 9.17) is 9.73 Å². The molecule has 0 aromatic rings. The lowest BCUT2D eigenvalue weighted by Gasteiger charge is -2.15. The summed E-state index contributed by atoms with van der Waals surface area (Å²) in [5.74, 6) is 2.38. The zero-order valence-corrected chi connectivity index (χ0v) is 15.3. The molecule has 5 nitrogen and oxygen atoms in total. The molecule has 134 valence electrons. The smallest absolute Gasteiger partial charge is 0.191 e. The Morgan fingerprint density at radius 2 is 2.04 bits per heavy atom. The molecule has 5 heteroatoms. The molecule has 2 fully saturated rings. The summed E-state index contributed by atoms with van der Waals surface area (Å²) >= 11 is 0. The van der Waals surface area contributed by atoms with Crippen LogP contribution in [0.3, 0.4) is 0 Å². The maximum atomic E-state index is 5.65. The van der Waals surface area contributed by atoms with Crippen LogP contribution in [0.25, 0.3) is 0 Å². The number of aliphatic imine (C=N–C) groups is 1. The molecule has 1 saturated carbocycles. The van der Waals surface area contributed by atoms with E-state index in [9.17, 15) is 0 Å². The average Bonchev–Trinajstić information content (AvgIpc) is 3.27. The standard InChI is InChI=1S/C18H36N4O/c1-4-19-18(20-9-12-23-11-8-15(2)3)21-13-16-7-10-22(14-16)17-5-6-17/h15-17H,4-14H2,1-3H3,(H2,19,20,21). The van der Waals surface area contributed by atoms with Crippen molar-refractivity contribution in [3.63, 3.8) is 0 Å². The van der Waals surface area contributed by atoms with Gasteiger partial charge in [0.25, 0.3) is 0 Å². The molecule has 1 heterocycles. The van der Waals surface area contributed by atoms with Crippen LogP contribution in [0.5, 0.6) is 0 Å². The van der Waals surface area contributed by atoms with Crippen molar-refractivity contribution in [3.05, 3.63) is 0 Å².